The number of carbonyl (C=O) groups is 1. The van der Waals surface area contributed by atoms with Gasteiger partial charge in [-0.2, -0.15) is 0 Å². The second-order valence-corrected chi connectivity index (χ2v) is 5.95. The van der Waals surface area contributed by atoms with Crippen LogP contribution in [-0.4, -0.2) is 45.4 Å². The number of fused-ring (bicyclic) bond motifs is 3. The van der Waals surface area contributed by atoms with Gasteiger partial charge < -0.3 is 10.7 Å². The minimum atomic E-state index is -0.265. The molecule has 1 fully saturated rings. The van der Waals surface area contributed by atoms with E-state index in [0.717, 1.165) is 34.0 Å². The zero-order chi connectivity index (χ0) is 15.3. The van der Waals surface area contributed by atoms with Gasteiger partial charge in [-0.15, -0.1) is 0 Å². The number of aromatic nitrogens is 3. The van der Waals surface area contributed by atoms with E-state index in [1.54, 1.807) is 0 Å². The van der Waals surface area contributed by atoms with E-state index in [1.165, 1.54) is 0 Å². The Morgan fingerprint density at radius 2 is 2.27 bits per heavy atom. The standard InChI is InChI=1S/C16H17N5O/c1-21-8-10(6-12(21)15(17)22)14-13-9(2-4-18-14)7-20-16-11(13)3-5-19-16/h2-5,7,10,12H,6,8H2,1H3,(H2,17,22)(H,19,20). The monoisotopic (exact) mass is 295 g/mol. The molecule has 4 heterocycles. The molecule has 0 aliphatic carbocycles. The number of carbonyl (C=O) groups excluding carboxylic acids is 1. The van der Waals surface area contributed by atoms with Gasteiger partial charge in [-0.3, -0.25) is 14.7 Å². The molecule has 0 spiro atoms. The Kier molecular flexibility index (Phi) is 2.87. The second-order valence-electron chi connectivity index (χ2n) is 5.95. The van der Waals surface area contributed by atoms with Gasteiger partial charge >= 0.3 is 0 Å². The quantitative estimate of drug-likeness (QED) is 0.747. The predicted molar refractivity (Wildman–Crippen MR) is 84.4 cm³/mol. The van der Waals surface area contributed by atoms with E-state index in [-0.39, 0.29) is 17.9 Å². The van der Waals surface area contributed by atoms with Gasteiger partial charge in [0.1, 0.15) is 5.65 Å². The molecule has 6 nitrogen and oxygen atoms in total. The molecular weight excluding hydrogens is 278 g/mol. The molecule has 6 heteroatoms. The van der Waals surface area contributed by atoms with Crippen LogP contribution in [0.3, 0.4) is 0 Å². The fourth-order valence-electron chi connectivity index (χ4n) is 3.54. The Balaban J connectivity index is 1.89. The molecule has 0 radical (unpaired) electrons. The number of hydrogen-bond donors (Lipinski definition) is 2. The lowest BCUT2D eigenvalue weighted by Gasteiger charge is -2.14. The number of aromatic amines is 1. The number of primary amides is 1. The first-order valence-electron chi connectivity index (χ1n) is 7.35. The average molecular weight is 295 g/mol. The number of pyridine rings is 2. The van der Waals surface area contributed by atoms with Crippen LogP contribution in [-0.2, 0) is 4.79 Å². The molecule has 1 aliphatic rings. The number of rotatable bonds is 2. The molecule has 2 unspecified atom stereocenters. The van der Waals surface area contributed by atoms with Crippen LogP contribution in [0.25, 0.3) is 21.8 Å². The number of hydrogen-bond acceptors (Lipinski definition) is 4. The lowest BCUT2D eigenvalue weighted by molar-refractivity contribution is -0.121. The fourth-order valence-corrected chi connectivity index (χ4v) is 3.54. The smallest absolute Gasteiger partial charge is 0.234 e. The van der Waals surface area contributed by atoms with Crippen LogP contribution >= 0.6 is 0 Å². The first kappa shape index (κ1) is 13.2. The molecule has 1 aliphatic heterocycles. The molecule has 3 N–H and O–H groups in total. The largest absolute Gasteiger partial charge is 0.368 e. The molecule has 4 rings (SSSR count). The highest BCUT2D eigenvalue weighted by Crippen LogP contribution is 2.35. The van der Waals surface area contributed by atoms with Crippen molar-refractivity contribution < 1.29 is 4.79 Å². The van der Waals surface area contributed by atoms with E-state index in [9.17, 15) is 4.79 Å². The van der Waals surface area contributed by atoms with Gasteiger partial charge in [0.05, 0.1) is 11.7 Å². The normalized spacial score (nSPS) is 22.6. The maximum absolute atomic E-state index is 11.6. The predicted octanol–water partition coefficient (Wildman–Crippen LogP) is 1.38. The number of nitrogens with zero attached hydrogens (tertiary/aromatic N) is 3. The van der Waals surface area contributed by atoms with Crippen molar-refractivity contribution in [2.45, 2.75) is 18.4 Å². The topological polar surface area (TPSA) is 87.9 Å². The van der Waals surface area contributed by atoms with Gasteiger partial charge in [0.25, 0.3) is 0 Å². The summed E-state index contributed by atoms with van der Waals surface area (Å²) in [5, 5.41) is 3.27. The molecule has 0 saturated carbocycles. The number of nitrogens with one attached hydrogen (secondary N) is 1. The van der Waals surface area contributed by atoms with Gasteiger partial charge in [0.15, 0.2) is 0 Å². The third-order valence-electron chi connectivity index (χ3n) is 4.60. The van der Waals surface area contributed by atoms with Gasteiger partial charge in [0, 0.05) is 47.2 Å². The van der Waals surface area contributed by atoms with Crippen molar-refractivity contribution in [2.24, 2.45) is 5.73 Å². The molecule has 1 amide bonds. The van der Waals surface area contributed by atoms with Crippen LogP contribution in [0.15, 0.2) is 30.7 Å². The van der Waals surface area contributed by atoms with E-state index in [4.69, 9.17) is 5.73 Å². The lowest BCUT2D eigenvalue weighted by atomic mass is 9.95. The Hall–Kier alpha value is -2.47. The summed E-state index contributed by atoms with van der Waals surface area (Å²) in [5.41, 5.74) is 7.39. The Labute approximate surface area is 127 Å². The molecule has 3 aromatic heterocycles. The summed E-state index contributed by atoms with van der Waals surface area (Å²) in [4.78, 5) is 25.8. The van der Waals surface area contributed by atoms with Gasteiger partial charge in [-0.25, -0.2) is 4.98 Å². The third kappa shape index (κ3) is 1.88. The SMILES string of the molecule is CN1CC(c2nccc3cnc4[nH]ccc4c23)CC1C(N)=O. The first-order valence-corrected chi connectivity index (χ1v) is 7.35. The minimum Gasteiger partial charge on any atom is -0.368 e. The second kappa shape index (κ2) is 4.78. The Morgan fingerprint density at radius 1 is 1.41 bits per heavy atom. The van der Waals surface area contributed by atoms with Crippen LogP contribution in [0.2, 0.25) is 0 Å². The number of likely N-dealkylation sites (N-methyl/N-ethyl adjacent to an activating group) is 1. The molecular formula is C16H17N5O. The molecule has 1 saturated heterocycles. The number of H-pyrrole nitrogens is 1. The third-order valence-corrected chi connectivity index (χ3v) is 4.60. The minimum absolute atomic E-state index is 0.201. The van der Waals surface area contributed by atoms with E-state index >= 15 is 0 Å². The van der Waals surface area contributed by atoms with E-state index in [0.29, 0.717) is 6.42 Å². The van der Waals surface area contributed by atoms with Crippen LogP contribution in [0.5, 0.6) is 0 Å². The highest BCUT2D eigenvalue weighted by atomic mass is 16.1. The summed E-state index contributed by atoms with van der Waals surface area (Å²) >= 11 is 0. The summed E-state index contributed by atoms with van der Waals surface area (Å²) in [7, 11) is 1.94. The fraction of sp³-hybridized carbons (Fsp3) is 0.312. The van der Waals surface area contributed by atoms with Gasteiger partial charge in [0.2, 0.25) is 5.91 Å². The van der Waals surface area contributed by atoms with Crippen molar-refractivity contribution >= 4 is 27.7 Å². The summed E-state index contributed by atoms with van der Waals surface area (Å²) in [5.74, 6) is -0.0644. The number of nitrogens with two attached hydrogens (primary N) is 1. The van der Waals surface area contributed by atoms with Crippen molar-refractivity contribution in [3.8, 4) is 0 Å². The highest BCUT2D eigenvalue weighted by Gasteiger charge is 2.35. The average Bonchev–Trinajstić information content (AvgIpc) is 3.12. The number of amides is 1. The van der Waals surface area contributed by atoms with Crippen LogP contribution < -0.4 is 5.73 Å². The van der Waals surface area contributed by atoms with Crippen LogP contribution in [0, 0.1) is 0 Å². The summed E-state index contributed by atoms with van der Waals surface area (Å²) < 4.78 is 0. The summed E-state index contributed by atoms with van der Waals surface area (Å²) in [6, 6.07) is 3.79. The van der Waals surface area contributed by atoms with Gasteiger partial charge in [-0.05, 0) is 25.6 Å². The molecule has 0 aromatic carbocycles. The van der Waals surface area contributed by atoms with Crippen molar-refractivity contribution in [3.63, 3.8) is 0 Å². The highest BCUT2D eigenvalue weighted by molar-refractivity contribution is 6.06. The molecule has 112 valence electrons. The zero-order valence-electron chi connectivity index (χ0n) is 12.3. The van der Waals surface area contributed by atoms with E-state index in [2.05, 4.69) is 15.0 Å². The van der Waals surface area contributed by atoms with Crippen molar-refractivity contribution in [1.82, 2.24) is 19.9 Å². The summed E-state index contributed by atoms with van der Waals surface area (Å²) in [6.45, 7) is 0.786. The first-order chi connectivity index (χ1) is 10.6. The maximum atomic E-state index is 11.6. The zero-order valence-corrected chi connectivity index (χ0v) is 12.3. The molecule has 2 atom stereocenters. The Bertz CT molecular complexity index is 871. The van der Waals surface area contributed by atoms with E-state index in [1.807, 2.05) is 42.7 Å². The van der Waals surface area contributed by atoms with E-state index < -0.39 is 0 Å². The Morgan fingerprint density at radius 3 is 3.05 bits per heavy atom. The molecule has 3 aromatic rings. The molecule has 0 bridgehead atoms. The maximum Gasteiger partial charge on any atom is 0.234 e. The van der Waals surface area contributed by atoms with Crippen molar-refractivity contribution in [3.05, 3.63) is 36.4 Å². The van der Waals surface area contributed by atoms with Crippen molar-refractivity contribution in [2.75, 3.05) is 13.6 Å². The summed E-state index contributed by atoms with van der Waals surface area (Å²) in [6.07, 6.45) is 6.28. The van der Waals surface area contributed by atoms with Crippen molar-refractivity contribution in [1.29, 1.82) is 0 Å². The van der Waals surface area contributed by atoms with Crippen LogP contribution in [0.4, 0.5) is 0 Å². The van der Waals surface area contributed by atoms with Gasteiger partial charge in [-0.1, -0.05) is 0 Å². The van der Waals surface area contributed by atoms with Crippen LogP contribution in [0.1, 0.15) is 18.0 Å². The number of likely N-dealkylation sites (tertiary alicyclic amines) is 1. The molecule has 22 heavy (non-hydrogen) atoms. The lowest BCUT2D eigenvalue weighted by Crippen LogP contribution is -2.37.